The van der Waals surface area contributed by atoms with Gasteiger partial charge in [-0.25, -0.2) is 4.79 Å². The smallest absolute Gasteiger partial charge is 0.326 e. The summed E-state index contributed by atoms with van der Waals surface area (Å²) < 4.78 is 6.13. The van der Waals surface area contributed by atoms with Crippen LogP contribution >= 0.6 is 0 Å². The summed E-state index contributed by atoms with van der Waals surface area (Å²) >= 11 is 0. The van der Waals surface area contributed by atoms with Crippen molar-refractivity contribution in [1.29, 1.82) is 0 Å². The molecule has 3 aromatic rings. The molecule has 0 spiro atoms. The number of aromatic nitrogens is 1. The van der Waals surface area contributed by atoms with Gasteiger partial charge in [0.25, 0.3) is 0 Å². The van der Waals surface area contributed by atoms with Crippen molar-refractivity contribution >= 4 is 22.8 Å². The van der Waals surface area contributed by atoms with Gasteiger partial charge in [-0.2, -0.15) is 0 Å². The molecule has 0 aliphatic carbocycles. The quantitative estimate of drug-likeness (QED) is 0.779. The predicted octanol–water partition coefficient (Wildman–Crippen LogP) is 3.24. The van der Waals surface area contributed by atoms with E-state index in [0.717, 1.165) is 33.5 Å². The number of hydrogen-bond donors (Lipinski definition) is 1. The summed E-state index contributed by atoms with van der Waals surface area (Å²) in [6, 6.07) is 15.6. The summed E-state index contributed by atoms with van der Waals surface area (Å²) in [4.78, 5) is 31.4. The van der Waals surface area contributed by atoms with Gasteiger partial charge in [-0.1, -0.05) is 36.4 Å². The zero-order valence-corrected chi connectivity index (χ0v) is 14.9. The lowest BCUT2D eigenvalue weighted by Gasteiger charge is -2.40. The lowest BCUT2D eigenvalue weighted by molar-refractivity contribution is -0.132. The number of carbonyl (C=O) groups excluding carboxylic acids is 2. The molecule has 5 rings (SSSR count). The van der Waals surface area contributed by atoms with Crippen LogP contribution < -0.4 is 4.74 Å². The monoisotopic (exact) mass is 361 g/mol. The summed E-state index contributed by atoms with van der Waals surface area (Å²) in [5.41, 5.74) is 3.91. The third-order valence-electron chi connectivity index (χ3n) is 5.43. The van der Waals surface area contributed by atoms with Gasteiger partial charge < -0.3 is 14.6 Å². The topological polar surface area (TPSA) is 65.6 Å². The van der Waals surface area contributed by atoms with Gasteiger partial charge in [-0.15, -0.1) is 0 Å². The van der Waals surface area contributed by atoms with Crippen LogP contribution in [0.3, 0.4) is 0 Å². The average molecular weight is 361 g/mol. The van der Waals surface area contributed by atoms with Crippen LogP contribution in [0.4, 0.5) is 4.79 Å². The van der Waals surface area contributed by atoms with E-state index in [4.69, 9.17) is 4.74 Å². The summed E-state index contributed by atoms with van der Waals surface area (Å²) in [5.74, 6) is 0.247. The maximum Gasteiger partial charge on any atom is 0.326 e. The molecule has 2 bridgehead atoms. The lowest BCUT2D eigenvalue weighted by atomic mass is 9.89. The first-order chi connectivity index (χ1) is 13.1. The molecule has 1 fully saturated rings. The van der Waals surface area contributed by atoms with Gasteiger partial charge in [0, 0.05) is 35.8 Å². The van der Waals surface area contributed by atoms with Gasteiger partial charge in [-0.3, -0.25) is 9.69 Å². The Morgan fingerprint density at radius 2 is 1.93 bits per heavy atom. The Morgan fingerprint density at radius 1 is 1.11 bits per heavy atom. The number of carbonyl (C=O) groups is 2. The molecule has 136 valence electrons. The molecular formula is C21H19N3O3. The number of urea groups is 1. The molecule has 0 radical (unpaired) electrons. The highest BCUT2D eigenvalue weighted by atomic mass is 16.5. The van der Waals surface area contributed by atoms with E-state index in [1.165, 1.54) is 4.90 Å². The number of nitrogens with one attached hydrogen (secondary N) is 1. The molecule has 1 atom stereocenters. The summed E-state index contributed by atoms with van der Waals surface area (Å²) in [5, 5.41) is 0.948. The number of ether oxygens (including phenoxy) is 1. The third-order valence-corrected chi connectivity index (χ3v) is 5.43. The Morgan fingerprint density at radius 3 is 2.74 bits per heavy atom. The molecule has 2 aliphatic heterocycles. The number of imide groups is 1. The first-order valence-corrected chi connectivity index (χ1v) is 9.00. The zero-order valence-electron chi connectivity index (χ0n) is 14.9. The SMILES string of the molecule is CN1C(=O)C2CN(Cc3[nH]c4cccc(OCc5ccccc5)c4c32)C1=O. The van der Waals surface area contributed by atoms with Gasteiger partial charge in [0.05, 0.1) is 12.5 Å². The van der Waals surface area contributed by atoms with Crippen LogP contribution in [-0.4, -0.2) is 40.3 Å². The van der Waals surface area contributed by atoms with Crippen LogP contribution in [-0.2, 0) is 17.9 Å². The fourth-order valence-electron chi connectivity index (χ4n) is 4.11. The number of rotatable bonds is 3. The van der Waals surface area contributed by atoms with Gasteiger partial charge >= 0.3 is 6.03 Å². The molecule has 1 unspecified atom stereocenters. The van der Waals surface area contributed by atoms with E-state index >= 15 is 0 Å². The number of likely N-dealkylation sites (N-methyl/N-ethyl adjacent to an activating group) is 1. The molecule has 6 nitrogen and oxygen atoms in total. The normalized spacial score (nSPS) is 18.8. The molecule has 1 saturated heterocycles. The molecule has 2 aromatic carbocycles. The van der Waals surface area contributed by atoms with Crippen molar-refractivity contribution in [2.24, 2.45) is 0 Å². The van der Waals surface area contributed by atoms with Crippen molar-refractivity contribution in [2.75, 3.05) is 13.6 Å². The molecular weight excluding hydrogens is 342 g/mol. The largest absolute Gasteiger partial charge is 0.488 e. The molecule has 6 heteroatoms. The fourth-order valence-corrected chi connectivity index (χ4v) is 4.11. The van der Waals surface area contributed by atoms with Crippen LogP contribution in [0.15, 0.2) is 48.5 Å². The Balaban J connectivity index is 1.59. The minimum atomic E-state index is -0.355. The number of nitrogens with zero attached hydrogens (tertiary/aromatic N) is 2. The minimum Gasteiger partial charge on any atom is -0.488 e. The first-order valence-electron chi connectivity index (χ1n) is 9.00. The molecule has 1 aromatic heterocycles. The molecule has 1 N–H and O–H groups in total. The minimum absolute atomic E-state index is 0.157. The van der Waals surface area contributed by atoms with Crippen LogP contribution in [0.25, 0.3) is 10.9 Å². The van der Waals surface area contributed by atoms with E-state index in [1.54, 1.807) is 11.9 Å². The maximum atomic E-state index is 12.8. The molecule has 27 heavy (non-hydrogen) atoms. The van der Waals surface area contributed by atoms with Crippen LogP contribution in [0.2, 0.25) is 0 Å². The van der Waals surface area contributed by atoms with Crippen molar-refractivity contribution in [3.05, 3.63) is 65.4 Å². The second-order valence-electron chi connectivity index (χ2n) is 7.08. The number of benzene rings is 2. The van der Waals surface area contributed by atoms with E-state index in [9.17, 15) is 9.59 Å². The molecule has 3 amide bonds. The Kier molecular flexibility index (Phi) is 3.47. The molecule has 2 aliphatic rings. The highest BCUT2D eigenvalue weighted by molar-refractivity contribution is 6.04. The van der Waals surface area contributed by atoms with E-state index in [0.29, 0.717) is 19.7 Å². The van der Waals surface area contributed by atoms with Crippen molar-refractivity contribution in [1.82, 2.24) is 14.8 Å². The van der Waals surface area contributed by atoms with Crippen molar-refractivity contribution < 1.29 is 14.3 Å². The van der Waals surface area contributed by atoms with E-state index in [1.807, 2.05) is 48.5 Å². The average Bonchev–Trinajstić information content (AvgIpc) is 3.08. The second kappa shape index (κ2) is 5.87. The summed E-state index contributed by atoms with van der Waals surface area (Å²) in [6.45, 7) is 1.37. The first kappa shape index (κ1) is 15.9. The number of H-pyrrole nitrogens is 1. The van der Waals surface area contributed by atoms with E-state index in [-0.39, 0.29) is 17.9 Å². The number of hydrogen-bond acceptors (Lipinski definition) is 3. The highest BCUT2D eigenvalue weighted by Gasteiger charge is 2.44. The van der Waals surface area contributed by atoms with E-state index in [2.05, 4.69) is 4.98 Å². The summed E-state index contributed by atoms with van der Waals surface area (Å²) in [6.07, 6.45) is 0. The Hall–Kier alpha value is -3.28. The fraction of sp³-hybridized carbons (Fsp3) is 0.238. The lowest BCUT2D eigenvalue weighted by Crippen LogP contribution is -2.55. The Bertz CT molecular complexity index is 1060. The van der Waals surface area contributed by atoms with Gasteiger partial charge in [0.1, 0.15) is 12.4 Å². The third kappa shape index (κ3) is 2.40. The Labute approximate surface area is 156 Å². The van der Waals surface area contributed by atoms with Gasteiger partial charge in [-0.05, 0) is 17.7 Å². The standard InChI is InChI=1S/C21H19N3O3/c1-23-20(25)14-10-24(21(23)26)11-16-18(14)19-15(22-16)8-5-9-17(19)27-12-13-6-3-2-4-7-13/h2-9,14,22H,10-12H2,1H3. The number of aromatic amines is 1. The number of fused-ring (bicyclic) bond motifs is 6. The van der Waals surface area contributed by atoms with Crippen LogP contribution in [0, 0.1) is 0 Å². The van der Waals surface area contributed by atoms with Crippen LogP contribution in [0.1, 0.15) is 22.7 Å². The van der Waals surface area contributed by atoms with Gasteiger partial charge in [0.2, 0.25) is 5.91 Å². The zero-order chi connectivity index (χ0) is 18.5. The van der Waals surface area contributed by atoms with Crippen molar-refractivity contribution in [2.45, 2.75) is 19.1 Å². The maximum absolute atomic E-state index is 12.8. The van der Waals surface area contributed by atoms with Crippen LogP contribution in [0.5, 0.6) is 5.75 Å². The molecule has 3 heterocycles. The molecule has 0 saturated carbocycles. The van der Waals surface area contributed by atoms with E-state index < -0.39 is 0 Å². The summed E-state index contributed by atoms with van der Waals surface area (Å²) in [7, 11) is 1.55. The highest BCUT2D eigenvalue weighted by Crippen LogP contribution is 2.42. The predicted molar refractivity (Wildman–Crippen MR) is 100 cm³/mol. The van der Waals surface area contributed by atoms with Crippen molar-refractivity contribution in [3.63, 3.8) is 0 Å². The second-order valence-corrected chi connectivity index (χ2v) is 7.08. The van der Waals surface area contributed by atoms with Crippen molar-refractivity contribution in [3.8, 4) is 5.75 Å². The number of amides is 3. The van der Waals surface area contributed by atoms with Gasteiger partial charge in [0.15, 0.2) is 0 Å².